The van der Waals surface area contributed by atoms with Gasteiger partial charge in [-0.1, -0.05) is 108 Å². The molecule has 3 saturated carbocycles. The Morgan fingerprint density at radius 3 is 1.61 bits per heavy atom. The average Bonchev–Trinajstić information content (AvgIpc) is 0.670. The average molecular weight is 1440 g/mol. The number of carboxylic acid groups (broad SMARTS) is 3. The maximum atomic E-state index is 16.0. The van der Waals surface area contributed by atoms with Crippen LogP contribution in [0.25, 0.3) is 0 Å². The van der Waals surface area contributed by atoms with Gasteiger partial charge in [-0.25, -0.2) is 14.4 Å². The van der Waals surface area contributed by atoms with E-state index in [4.69, 9.17) is 28.4 Å². The molecule has 10 N–H and O–H groups in total. The van der Waals surface area contributed by atoms with Crippen LogP contribution in [0, 0.1) is 52.3 Å². The van der Waals surface area contributed by atoms with Crippen molar-refractivity contribution >= 4 is 83.1 Å². The van der Waals surface area contributed by atoms with Crippen LogP contribution >= 0.6 is 0 Å². The van der Waals surface area contributed by atoms with E-state index >= 15 is 14.4 Å². The molecular formula is C73H89N5O25. The van der Waals surface area contributed by atoms with Gasteiger partial charge < -0.3 is 80.5 Å². The Morgan fingerprint density at radius 1 is 0.602 bits per heavy atom. The van der Waals surface area contributed by atoms with E-state index < -0.39 is 220 Å². The first-order valence-corrected chi connectivity index (χ1v) is 33.9. The highest BCUT2D eigenvalue weighted by atomic mass is 16.6. The lowest BCUT2D eigenvalue weighted by atomic mass is 9.44. The molecule has 1 heterocycles. The van der Waals surface area contributed by atoms with E-state index in [1.54, 1.807) is 70.2 Å². The second-order valence-corrected chi connectivity index (χ2v) is 28.7. The molecule has 1 saturated heterocycles. The van der Waals surface area contributed by atoms with Crippen molar-refractivity contribution in [3.8, 4) is 0 Å². The minimum atomic E-state index is -2.63. The normalized spacial score (nSPS) is 28.4. The molecule has 0 spiro atoms. The maximum absolute atomic E-state index is 16.0. The SMILES string of the molecule is CC(=O)O[C@H]1C(=O)[C@@]2(C)[C@H]([C@H](OC(=O)c3ccccc3)[C@]3(O)C[C@H](OC(=O)[C@H](OC(=O)C(CC(C)C)NC(=O)C(C)NC(=O)C(CC(C)C)NC(=O)C(C)NC(=O)C4C(C(=O)O)C(C(=O)O)C4C(=O)O)[C@@H](NC(=O)c4ccccc4)c4ccccc4)C(C)=C1C3(C)C)[C@]1(OC(C)=O)CO[C@@H]1C[C@@H]2O. The number of carboxylic acids is 3. The lowest BCUT2D eigenvalue weighted by Gasteiger charge is -2.67. The second-order valence-electron chi connectivity index (χ2n) is 28.7. The summed E-state index contributed by atoms with van der Waals surface area (Å²) in [6, 6.07) is 15.0. The zero-order chi connectivity index (χ0) is 76.3. The number of amides is 5. The molecule has 0 aromatic heterocycles. The van der Waals surface area contributed by atoms with Crippen LogP contribution in [0.1, 0.15) is 141 Å². The minimum absolute atomic E-state index is 0.0117. The van der Waals surface area contributed by atoms with Gasteiger partial charge in [0.2, 0.25) is 29.7 Å². The number of carbonyl (C=O) groups is 14. The van der Waals surface area contributed by atoms with E-state index in [0.717, 1.165) is 20.8 Å². The van der Waals surface area contributed by atoms with Crippen molar-refractivity contribution < 1.29 is 121 Å². The van der Waals surface area contributed by atoms with Crippen LogP contribution in [0.4, 0.5) is 0 Å². The van der Waals surface area contributed by atoms with Crippen LogP contribution in [0.3, 0.4) is 0 Å². The topological polar surface area (TPSA) is 456 Å². The number of aliphatic hydroxyl groups is 2. The molecule has 30 heteroatoms. The summed E-state index contributed by atoms with van der Waals surface area (Å²) in [6.07, 6.45) is -12.4. The van der Waals surface area contributed by atoms with Crippen LogP contribution < -0.4 is 26.6 Å². The van der Waals surface area contributed by atoms with Crippen LogP contribution in [-0.2, 0) is 86.0 Å². The fraction of sp³-hybridized carbons (Fsp3) is 0.534. The van der Waals surface area contributed by atoms with Gasteiger partial charge in [0.25, 0.3) is 5.91 Å². The predicted octanol–water partition coefficient (Wildman–Crippen LogP) is 3.09. The van der Waals surface area contributed by atoms with Gasteiger partial charge >= 0.3 is 47.8 Å². The van der Waals surface area contributed by atoms with Gasteiger partial charge in [-0.2, -0.15) is 0 Å². The molecule has 4 fully saturated rings. The number of aliphatic hydroxyl groups excluding tert-OH is 1. The molecule has 556 valence electrons. The Hall–Kier alpha value is -9.94. The smallest absolute Gasteiger partial charge is 0.350 e. The van der Waals surface area contributed by atoms with E-state index in [-0.39, 0.29) is 53.0 Å². The summed E-state index contributed by atoms with van der Waals surface area (Å²) < 4.78 is 37.4. The summed E-state index contributed by atoms with van der Waals surface area (Å²) in [5, 5.41) is 68.2. The standard InChI is InChI=1S/C73H89N5O25/c1-33(2)28-43(76-59(83)37(7)75-63(87)48-49(64(88)89)51(66(92)93)50(48)65(90)91)62(86)74-36(6)60(84)77-44(29-34(3)4)68(95)101-55(53(40-22-16-13-17-23-40)78-61(85)41-24-18-14-19-25-41)69(96)100-45-31-73(97)58(102-67(94)42-26-20-15-21-27-42)56-71(12,46(81)30-47-72(56,32-98-47)103-39(9)80)57(82)54(99-38(8)79)52(35(45)5)70(73,10)11/h13-27,33-34,36-37,43-51,53-56,58,81,97H,28-32H2,1-12H3,(H,74,86)(H,75,87)(H,76,83)(H,77,84)(H,78,85)(H,88,89)(H,90,91)(H,92,93)/t36?,37?,43?,44?,45-,46-,47+,48?,49?,50?,51?,53-,54+,55+,56-,58-,71+,72-,73+/m0/s1. The Balaban J connectivity index is 1.15. The van der Waals surface area contributed by atoms with Crippen LogP contribution in [0.15, 0.2) is 102 Å². The van der Waals surface area contributed by atoms with Crippen molar-refractivity contribution in [2.45, 2.75) is 187 Å². The Bertz CT molecular complexity index is 3820. The van der Waals surface area contributed by atoms with Gasteiger partial charge in [0.05, 0.1) is 53.3 Å². The van der Waals surface area contributed by atoms with Crippen molar-refractivity contribution in [2.24, 2.45) is 52.3 Å². The number of carbonyl (C=O) groups excluding carboxylic acids is 11. The zero-order valence-corrected chi connectivity index (χ0v) is 59.0. The maximum Gasteiger partial charge on any atom is 0.350 e. The van der Waals surface area contributed by atoms with E-state index in [1.165, 1.54) is 83.1 Å². The number of ketones is 1. The van der Waals surface area contributed by atoms with E-state index in [1.807, 2.05) is 0 Å². The summed E-state index contributed by atoms with van der Waals surface area (Å²) in [5.41, 5.74) is -8.67. The molecule has 4 aliphatic carbocycles. The number of hydrogen-bond acceptors (Lipinski definition) is 22. The first kappa shape index (κ1) is 78.8. The molecule has 103 heavy (non-hydrogen) atoms. The summed E-state index contributed by atoms with van der Waals surface area (Å²) in [7, 11) is 0. The minimum Gasteiger partial charge on any atom is -0.481 e. The van der Waals surface area contributed by atoms with Gasteiger partial charge in [0.15, 0.2) is 17.5 Å². The summed E-state index contributed by atoms with van der Waals surface area (Å²) >= 11 is 0. The molecule has 3 aromatic rings. The highest BCUT2D eigenvalue weighted by Crippen LogP contribution is 2.64. The molecule has 2 bridgehead atoms. The molecule has 0 radical (unpaired) electrons. The monoisotopic (exact) mass is 1440 g/mol. The molecular weight excluding hydrogens is 1350 g/mol. The van der Waals surface area contributed by atoms with Crippen molar-refractivity contribution in [3.05, 3.63) is 119 Å². The number of ether oxygens (including phenoxy) is 6. The summed E-state index contributed by atoms with van der Waals surface area (Å²) in [4.78, 5) is 195. The predicted molar refractivity (Wildman–Crippen MR) is 356 cm³/mol. The summed E-state index contributed by atoms with van der Waals surface area (Å²) in [5.74, 6) is -27.2. The molecule has 5 aliphatic rings. The molecule has 8 rings (SSSR count). The number of aliphatic carboxylic acids is 3. The first-order chi connectivity index (χ1) is 48.2. The zero-order valence-electron chi connectivity index (χ0n) is 59.0. The van der Waals surface area contributed by atoms with Crippen LogP contribution in [0.2, 0.25) is 0 Å². The van der Waals surface area contributed by atoms with E-state index in [2.05, 4.69) is 26.6 Å². The van der Waals surface area contributed by atoms with Gasteiger partial charge in [0, 0.05) is 37.7 Å². The Labute approximate surface area is 593 Å². The number of esters is 5. The highest BCUT2D eigenvalue weighted by molar-refractivity contribution is 6.01. The molecule has 3 aromatic carbocycles. The lowest BCUT2D eigenvalue weighted by Crippen LogP contribution is -2.82. The van der Waals surface area contributed by atoms with Crippen molar-refractivity contribution in [3.63, 3.8) is 0 Å². The van der Waals surface area contributed by atoms with Crippen molar-refractivity contribution in [2.75, 3.05) is 6.61 Å². The molecule has 30 nitrogen and oxygen atoms in total. The van der Waals surface area contributed by atoms with Crippen LogP contribution in [-0.4, -0.2) is 187 Å². The van der Waals surface area contributed by atoms with E-state index in [0.29, 0.717) is 0 Å². The molecule has 6 unspecified atom stereocenters. The Kier molecular flexibility index (Phi) is 24.0. The second kappa shape index (κ2) is 31.3. The number of fused-ring (bicyclic) bond motifs is 5. The van der Waals surface area contributed by atoms with E-state index in [9.17, 15) is 78.3 Å². The number of rotatable bonds is 27. The van der Waals surface area contributed by atoms with Gasteiger partial charge in [-0.15, -0.1) is 0 Å². The Morgan fingerprint density at radius 2 is 1.11 bits per heavy atom. The third-order valence-electron chi connectivity index (χ3n) is 20.6. The van der Waals surface area contributed by atoms with Crippen molar-refractivity contribution in [1.82, 2.24) is 26.6 Å². The first-order valence-electron chi connectivity index (χ1n) is 33.9. The number of Topliss-reactive ketones (excluding diaryl/α,β-unsaturated/α-hetero) is 1. The fourth-order valence-electron chi connectivity index (χ4n) is 15.2. The number of hydrogen-bond donors (Lipinski definition) is 10. The van der Waals surface area contributed by atoms with Gasteiger partial charge in [-0.05, 0) is 93.3 Å². The number of nitrogens with one attached hydrogen (secondary N) is 5. The summed E-state index contributed by atoms with van der Waals surface area (Å²) in [6.45, 7) is 16.5. The third kappa shape index (κ3) is 15.8. The molecule has 1 aliphatic heterocycles. The van der Waals surface area contributed by atoms with Gasteiger partial charge in [-0.3, -0.25) is 52.7 Å². The highest BCUT2D eigenvalue weighted by Gasteiger charge is 2.78. The third-order valence-corrected chi connectivity index (χ3v) is 20.6. The fourth-order valence-corrected chi connectivity index (χ4v) is 15.2. The largest absolute Gasteiger partial charge is 0.481 e. The lowest BCUT2D eigenvalue weighted by molar-refractivity contribution is -0.346. The van der Waals surface area contributed by atoms with Crippen molar-refractivity contribution in [1.29, 1.82) is 0 Å². The van der Waals surface area contributed by atoms with Crippen LogP contribution in [0.5, 0.6) is 0 Å². The molecule has 5 amide bonds. The van der Waals surface area contributed by atoms with Gasteiger partial charge in [0.1, 0.15) is 54.1 Å². The molecule has 17 atom stereocenters. The quantitative estimate of drug-likeness (QED) is 0.0298. The number of benzene rings is 3.